The standard InChI is InChI=1S/C17H26N2O.ClH/c1-17(2,3)14-9-7-12(8-10-14)16(20)19-15-6-4-5-13(15)11-18;/h7-10,13,15H,4-6,11,18H2,1-3H3,(H,19,20);1H. The van der Waals surface area contributed by atoms with Gasteiger partial charge in [0.05, 0.1) is 0 Å². The van der Waals surface area contributed by atoms with Gasteiger partial charge in [0.2, 0.25) is 0 Å². The van der Waals surface area contributed by atoms with E-state index in [1.807, 2.05) is 24.3 Å². The fraction of sp³-hybridized carbons (Fsp3) is 0.588. The highest BCUT2D eigenvalue weighted by Gasteiger charge is 2.27. The van der Waals surface area contributed by atoms with Crippen molar-refractivity contribution in [2.75, 3.05) is 6.54 Å². The lowest BCUT2D eigenvalue weighted by atomic mass is 9.86. The van der Waals surface area contributed by atoms with Crippen LogP contribution in [0.25, 0.3) is 0 Å². The van der Waals surface area contributed by atoms with Crippen LogP contribution < -0.4 is 11.1 Å². The Labute approximate surface area is 134 Å². The Balaban J connectivity index is 0.00000220. The first-order valence-corrected chi connectivity index (χ1v) is 7.53. The molecule has 2 unspecified atom stereocenters. The lowest BCUT2D eigenvalue weighted by molar-refractivity contribution is 0.0928. The zero-order chi connectivity index (χ0) is 14.8. The van der Waals surface area contributed by atoms with Gasteiger partial charge in [-0.3, -0.25) is 4.79 Å². The van der Waals surface area contributed by atoms with Crippen molar-refractivity contribution in [1.82, 2.24) is 5.32 Å². The lowest BCUT2D eigenvalue weighted by Crippen LogP contribution is -2.39. The van der Waals surface area contributed by atoms with Crippen LogP contribution in [0.15, 0.2) is 24.3 Å². The highest BCUT2D eigenvalue weighted by atomic mass is 35.5. The quantitative estimate of drug-likeness (QED) is 0.900. The van der Waals surface area contributed by atoms with Gasteiger partial charge in [0.1, 0.15) is 0 Å². The third-order valence-electron chi connectivity index (χ3n) is 4.29. The zero-order valence-electron chi connectivity index (χ0n) is 13.2. The van der Waals surface area contributed by atoms with E-state index in [9.17, 15) is 4.79 Å². The molecule has 2 rings (SSSR count). The largest absolute Gasteiger partial charge is 0.349 e. The minimum atomic E-state index is 0. The number of amides is 1. The number of rotatable bonds is 3. The van der Waals surface area contributed by atoms with E-state index >= 15 is 0 Å². The molecule has 0 heterocycles. The first-order valence-electron chi connectivity index (χ1n) is 7.53. The summed E-state index contributed by atoms with van der Waals surface area (Å²) in [5.41, 5.74) is 7.85. The third-order valence-corrected chi connectivity index (χ3v) is 4.29. The first kappa shape index (κ1) is 18.0. The molecule has 3 nitrogen and oxygen atoms in total. The van der Waals surface area contributed by atoms with Gasteiger partial charge in [0.15, 0.2) is 0 Å². The Morgan fingerprint density at radius 3 is 2.38 bits per heavy atom. The van der Waals surface area contributed by atoms with Crippen LogP contribution in [0.1, 0.15) is 56.0 Å². The molecule has 3 N–H and O–H groups in total. The summed E-state index contributed by atoms with van der Waals surface area (Å²) >= 11 is 0. The maximum Gasteiger partial charge on any atom is 0.251 e. The van der Waals surface area contributed by atoms with Crippen LogP contribution in [0.5, 0.6) is 0 Å². The molecule has 0 bridgehead atoms. The van der Waals surface area contributed by atoms with Crippen LogP contribution in [-0.4, -0.2) is 18.5 Å². The van der Waals surface area contributed by atoms with Gasteiger partial charge in [0, 0.05) is 11.6 Å². The molecule has 0 saturated heterocycles. The molecule has 118 valence electrons. The number of carbonyl (C=O) groups excluding carboxylic acids is 1. The van der Waals surface area contributed by atoms with Gasteiger partial charge in [-0.15, -0.1) is 12.4 Å². The fourth-order valence-corrected chi connectivity index (χ4v) is 2.88. The molecule has 1 fully saturated rings. The molecule has 0 spiro atoms. The van der Waals surface area contributed by atoms with E-state index in [1.54, 1.807) is 0 Å². The van der Waals surface area contributed by atoms with Gasteiger partial charge in [-0.25, -0.2) is 0 Å². The summed E-state index contributed by atoms with van der Waals surface area (Å²) < 4.78 is 0. The minimum absolute atomic E-state index is 0. The molecule has 1 amide bonds. The molecule has 4 heteroatoms. The molecule has 1 aromatic carbocycles. The van der Waals surface area contributed by atoms with Gasteiger partial charge in [0.25, 0.3) is 5.91 Å². The molecule has 1 aromatic rings. The number of hydrogen-bond donors (Lipinski definition) is 2. The summed E-state index contributed by atoms with van der Waals surface area (Å²) in [7, 11) is 0. The van der Waals surface area contributed by atoms with E-state index in [0.717, 1.165) is 24.8 Å². The molecule has 0 aromatic heterocycles. The molecule has 1 saturated carbocycles. The maximum absolute atomic E-state index is 12.3. The van der Waals surface area contributed by atoms with Gasteiger partial charge < -0.3 is 11.1 Å². The topological polar surface area (TPSA) is 55.1 Å². The van der Waals surface area contributed by atoms with Crippen molar-refractivity contribution in [3.05, 3.63) is 35.4 Å². The monoisotopic (exact) mass is 310 g/mol. The number of nitrogens with two attached hydrogens (primary N) is 1. The summed E-state index contributed by atoms with van der Waals surface area (Å²) in [5.74, 6) is 0.462. The molecule has 2 atom stereocenters. The van der Waals surface area contributed by atoms with E-state index < -0.39 is 0 Å². The van der Waals surface area contributed by atoms with E-state index in [-0.39, 0.29) is 29.8 Å². The molecular formula is C17H27ClN2O. The predicted octanol–water partition coefficient (Wildman–Crippen LogP) is 3.26. The molecule has 0 aliphatic heterocycles. The number of halogens is 1. The highest BCUT2D eigenvalue weighted by molar-refractivity contribution is 5.94. The normalized spacial score (nSPS) is 21.7. The van der Waals surface area contributed by atoms with Gasteiger partial charge in [-0.2, -0.15) is 0 Å². The Bertz CT molecular complexity index is 465. The zero-order valence-corrected chi connectivity index (χ0v) is 14.0. The average molecular weight is 311 g/mol. The minimum Gasteiger partial charge on any atom is -0.349 e. The van der Waals surface area contributed by atoms with Crippen molar-refractivity contribution in [2.45, 2.75) is 51.5 Å². The Kier molecular flexibility index (Phi) is 6.24. The maximum atomic E-state index is 12.3. The van der Waals surface area contributed by atoms with Gasteiger partial charge in [-0.05, 0) is 48.4 Å². The number of benzene rings is 1. The second-order valence-corrected chi connectivity index (χ2v) is 6.83. The van der Waals surface area contributed by atoms with Crippen molar-refractivity contribution in [3.63, 3.8) is 0 Å². The van der Waals surface area contributed by atoms with E-state index in [2.05, 4.69) is 26.1 Å². The summed E-state index contributed by atoms with van der Waals surface area (Å²) in [4.78, 5) is 12.3. The summed E-state index contributed by atoms with van der Waals surface area (Å²) in [6.45, 7) is 7.18. The summed E-state index contributed by atoms with van der Waals surface area (Å²) in [5, 5.41) is 3.14. The third kappa shape index (κ3) is 4.45. The number of hydrogen-bond acceptors (Lipinski definition) is 2. The van der Waals surface area contributed by atoms with Crippen LogP contribution in [0, 0.1) is 5.92 Å². The number of nitrogens with one attached hydrogen (secondary N) is 1. The van der Waals surface area contributed by atoms with Crippen LogP contribution in [0.2, 0.25) is 0 Å². The highest BCUT2D eigenvalue weighted by Crippen LogP contribution is 2.25. The molecule has 0 radical (unpaired) electrons. The number of carbonyl (C=O) groups is 1. The van der Waals surface area contributed by atoms with Crippen LogP contribution in [0.4, 0.5) is 0 Å². The van der Waals surface area contributed by atoms with Crippen LogP contribution >= 0.6 is 12.4 Å². The lowest BCUT2D eigenvalue weighted by Gasteiger charge is -2.21. The van der Waals surface area contributed by atoms with E-state index in [4.69, 9.17) is 5.73 Å². The second kappa shape index (κ2) is 7.28. The second-order valence-electron chi connectivity index (χ2n) is 6.83. The van der Waals surface area contributed by atoms with Gasteiger partial charge in [-0.1, -0.05) is 39.3 Å². The Morgan fingerprint density at radius 1 is 1.24 bits per heavy atom. The van der Waals surface area contributed by atoms with Crippen molar-refractivity contribution in [3.8, 4) is 0 Å². The summed E-state index contributed by atoms with van der Waals surface area (Å²) in [6, 6.07) is 8.17. The van der Waals surface area contributed by atoms with Crippen LogP contribution in [-0.2, 0) is 5.41 Å². The van der Waals surface area contributed by atoms with Crippen molar-refractivity contribution < 1.29 is 4.79 Å². The average Bonchev–Trinajstić information content (AvgIpc) is 2.85. The Hall–Kier alpha value is -1.06. The summed E-state index contributed by atoms with van der Waals surface area (Å²) in [6.07, 6.45) is 3.34. The van der Waals surface area contributed by atoms with Crippen molar-refractivity contribution in [1.29, 1.82) is 0 Å². The van der Waals surface area contributed by atoms with Gasteiger partial charge >= 0.3 is 0 Å². The van der Waals surface area contributed by atoms with E-state index in [1.165, 1.54) is 5.56 Å². The predicted molar refractivity (Wildman–Crippen MR) is 90.0 cm³/mol. The molecule has 1 aliphatic carbocycles. The Morgan fingerprint density at radius 2 is 1.86 bits per heavy atom. The molecule has 1 aliphatic rings. The SMILES string of the molecule is CC(C)(C)c1ccc(C(=O)NC2CCCC2CN)cc1.Cl. The fourth-order valence-electron chi connectivity index (χ4n) is 2.88. The first-order chi connectivity index (χ1) is 9.41. The smallest absolute Gasteiger partial charge is 0.251 e. The van der Waals surface area contributed by atoms with Crippen molar-refractivity contribution in [2.24, 2.45) is 11.7 Å². The molecular weight excluding hydrogens is 284 g/mol. The van der Waals surface area contributed by atoms with Crippen molar-refractivity contribution >= 4 is 18.3 Å². The van der Waals surface area contributed by atoms with E-state index in [0.29, 0.717) is 12.5 Å². The molecule has 21 heavy (non-hydrogen) atoms. The van der Waals surface area contributed by atoms with Crippen LogP contribution in [0.3, 0.4) is 0 Å².